The van der Waals surface area contributed by atoms with Crippen molar-refractivity contribution in [3.8, 4) is 0 Å². The second kappa shape index (κ2) is 9.11. The molecular weight excluding hydrogens is 366 g/mol. The summed E-state index contributed by atoms with van der Waals surface area (Å²) in [6, 6.07) is 0.199. The van der Waals surface area contributed by atoms with E-state index in [0.29, 0.717) is 38.4 Å². The minimum absolute atomic E-state index is 0.00499. The maximum Gasteiger partial charge on any atom is 0.332 e. The highest BCUT2D eigenvalue weighted by atomic mass is 16.6. The van der Waals surface area contributed by atoms with Crippen molar-refractivity contribution >= 4 is 23.4 Å². The van der Waals surface area contributed by atoms with Crippen molar-refractivity contribution in [1.29, 1.82) is 0 Å². The number of hydrogen-bond acceptors (Lipinski definition) is 9. The van der Waals surface area contributed by atoms with Crippen molar-refractivity contribution in [2.24, 2.45) is 11.7 Å². The van der Waals surface area contributed by atoms with E-state index in [-0.39, 0.29) is 41.9 Å². The van der Waals surface area contributed by atoms with Crippen LogP contribution in [0.1, 0.15) is 31.4 Å². The van der Waals surface area contributed by atoms with Gasteiger partial charge in [-0.05, 0) is 38.0 Å². The Hall–Kier alpha value is -2.53. The van der Waals surface area contributed by atoms with Gasteiger partial charge in [-0.2, -0.15) is 4.98 Å². The Morgan fingerprint density at radius 3 is 2.57 bits per heavy atom. The van der Waals surface area contributed by atoms with Crippen molar-refractivity contribution in [3.63, 3.8) is 0 Å². The number of ether oxygens (including phenoxy) is 1. The summed E-state index contributed by atoms with van der Waals surface area (Å²) in [4.78, 5) is 33.2. The van der Waals surface area contributed by atoms with Crippen LogP contribution in [0.5, 0.6) is 0 Å². The van der Waals surface area contributed by atoms with Crippen LogP contribution in [0.15, 0.2) is 0 Å². The monoisotopic (exact) mass is 393 g/mol. The second-order valence-corrected chi connectivity index (χ2v) is 7.32. The molecule has 28 heavy (non-hydrogen) atoms. The van der Waals surface area contributed by atoms with Gasteiger partial charge in [0.2, 0.25) is 17.7 Å². The quantitative estimate of drug-likeness (QED) is 0.455. The van der Waals surface area contributed by atoms with Crippen molar-refractivity contribution < 1.29 is 14.5 Å². The van der Waals surface area contributed by atoms with E-state index in [1.807, 2.05) is 0 Å². The Morgan fingerprint density at radius 2 is 1.93 bits per heavy atom. The molecular formula is C17H27N7O4. The molecule has 1 aliphatic heterocycles. The predicted octanol–water partition coefficient (Wildman–Crippen LogP) is 0.298. The van der Waals surface area contributed by atoms with Crippen molar-refractivity contribution in [2.45, 2.75) is 38.1 Å². The molecule has 0 spiro atoms. The molecule has 1 aromatic rings. The standard InChI is InChI=1S/C17H27N7O4/c18-12-3-1-11(2-4-12)9-13-15(24(26)27)16(19)22-17(21-13)20-10-14(25)23-5-7-28-8-6-23/h11-12H,1-10,18H2,(H3,19,20,21,22)/t11-,12-. The molecule has 1 saturated carbocycles. The Bertz CT molecular complexity index is 716. The zero-order chi connectivity index (χ0) is 20.1. The maximum absolute atomic E-state index is 12.3. The number of rotatable bonds is 6. The van der Waals surface area contributed by atoms with Crippen molar-refractivity contribution in [1.82, 2.24) is 14.9 Å². The van der Waals surface area contributed by atoms with Crippen molar-refractivity contribution in [2.75, 3.05) is 43.9 Å². The second-order valence-electron chi connectivity index (χ2n) is 7.32. The van der Waals surface area contributed by atoms with Crippen LogP contribution in [0.25, 0.3) is 0 Å². The van der Waals surface area contributed by atoms with E-state index < -0.39 is 4.92 Å². The van der Waals surface area contributed by atoms with Gasteiger partial charge >= 0.3 is 5.69 Å². The van der Waals surface area contributed by atoms with Crippen LogP contribution in [0.2, 0.25) is 0 Å². The Balaban J connectivity index is 1.70. The van der Waals surface area contributed by atoms with E-state index >= 15 is 0 Å². The number of aromatic nitrogens is 2. The first-order valence-corrected chi connectivity index (χ1v) is 9.59. The fourth-order valence-corrected chi connectivity index (χ4v) is 3.69. The first kappa shape index (κ1) is 20.2. The highest BCUT2D eigenvalue weighted by Crippen LogP contribution is 2.31. The molecule has 1 aromatic heterocycles. The van der Waals surface area contributed by atoms with E-state index in [2.05, 4.69) is 15.3 Å². The molecule has 11 heteroatoms. The predicted molar refractivity (Wildman–Crippen MR) is 103 cm³/mol. The van der Waals surface area contributed by atoms with E-state index in [9.17, 15) is 14.9 Å². The Labute approximate surface area is 163 Å². The largest absolute Gasteiger partial charge is 0.378 e. The lowest BCUT2D eigenvalue weighted by atomic mass is 9.83. The van der Waals surface area contributed by atoms with Crippen LogP contribution in [-0.4, -0.2) is 64.6 Å². The molecule has 1 saturated heterocycles. The summed E-state index contributed by atoms with van der Waals surface area (Å²) < 4.78 is 5.23. The van der Waals surface area contributed by atoms with Gasteiger partial charge in [-0.25, -0.2) is 4.98 Å². The normalized spacial score (nSPS) is 22.7. The summed E-state index contributed by atoms with van der Waals surface area (Å²) in [6.45, 7) is 2.11. The van der Waals surface area contributed by atoms with Gasteiger partial charge in [-0.15, -0.1) is 0 Å². The van der Waals surface area contributed by atoms with Gasteiger partial charge in [0.1, 0.15) is 5.69 Å². The van der Waals surface area contributed by atoms with Gasteiger partial charge in [-0.1, -0.05) is 0 Å². The number of nitro groups is 1. The van der Waals surface area contributed by atoms with Crippen LogP contribution < -0.4 is 16.8 Å². The number of nitrogens with two attached hydrogens (primary N) is 2. The molecule has 2 aliphatic rings. The molecule has 11 nitrogen and oxygen atoms in total. The smallest absolute Gasteiger partial charge is 0.332 e. The Morgan fingerprint density at radius 1 is 1.25 bits per heavy atom. The highest BCUT2D eigenvalue weighted by molar-refractivity contribution is 5.80. The molecule has 0 atom stereocenters. The van der Waals surface area contributed by atoms with E-state index in [1.165, 1.54) is 0 Å². The SMILES string of the molecule is Nc1nc(NCC(=O)N2CCOCC2)nc(C[C@H]2CC[C@H](N)CC2)c1[N+](=O)[O-]. The fraction of sp³-hybridized carbons (Fsp3) is 0.706. The molecule has 5 N–H and O–H groups in total. The topological polar surface area (TPSA) is 163 Å². The van der Waals surface area contributed by atoms with Crippen LogP contribution in [0.4, 0.5) is 17.5 Å². The molecule has 1 amide bonds. The van der Waals surface area contributed by atoms with Crippen molar-refractivity contribution in [3.05, 3.63) is 15.8 Å². The molecule has 0 unspecified atom stereocenters. The first-order chi connectivity index (χ1) is 13.4. The lowest BCUT2D eigenvalue weighted by Crippen LogP contribution is -2.43. The molecule has 3 rings (SSSR count). The summed E-state index contributed by atoms with van der Waals surface area (Å²) in [6.07, 6.45) is 4.05. The average Bonchev–Trinajstić information content (AvgIpc) is 2.68. The summed E-state index contributed by atoms with van der Waals surface area (Å²) in [5, 5.41) is 14.3. The van der Waals surface area contributed by atoms with Gasteiger partial charge in [0.05, 0.1) is 24.7 Å². The number of nitrogens with zero attached hydrogens (tertiary/aromatic N) is 4. The van der Waals surface area contributed by atoms with Gasteiger partial charge in [0.15, 0.2) is 0 Å². The third-order valence-electron chi connectivity index (χ3n) is 5.30. The number of carbonyl (C=O) groups is 1. The highest BCUT2D eigenvalue weighted by Gasteiger charge is 2.27. The van der Waals surface area contributed by atoms with Crippen LogP contribution in [0, 0.1) is 16.0 Å². The summed E-state index contributed by atoms with van der Waals surface area (Å²) in [7, 11) is 0. The average molecular weight is 393 g/mol. The third-order valence-corrected chi connectivity index (χ3v) is 5.30. The minimum Gasteiger partial charge on any atom is -0.378 e. The summed E-state index contributed by atoms with van der Waals surface area (Å²) in [5.41, 5.74) is 11.8. The van der Waals surface area contributed by atoms with E-state index in [0.717, 1.165) is 25.7 Å². The molecule has 154 valence electrons. The molecule has 0 radical (unpaired) electrons. The van der Waals surface area contributed by atoms with Gasteiger partial charge in [0.25, 0.3) is 0 Å². The van der Waals surface area contributed by atoms with Gasteiger partial charge < -0.3 is 26.4 Å². The third kappa shape index (κ3) is 5.04. The van der Waals surface area contributed by atoms with E-state index in [1.54, 1.807) is 4.90 Å². The number of carbonyl (C=O) groups excluding carboxylic acids is 1. The molecule has 2 fully saturated rings. The molecule has 1 aliphatic carbocycles. The Kier molecular flexibility index (Phi) is 6.57. The summed E-state index contributed by atoms with van der Waals surface area (Å²) >= 11 is 0. The zero-order valence-electron chi connectivity index (χ0n) is 15.8. The number of anilines is 2. The van der Waals surface area contributed by atoms with Crippen LogP contribution in [0.3, 0.4) is 0 Å². The summed E-state index contributed by atoms with van der Waals surface area (Å²) in [5.74, 6) is 0.110. The number of nitrogens with one attached hydrogen (secondary N) is 1. The lowest BCUT2D eigenvalue weighted by molar-refractivity contribution is -0.385. The number of nitrogen functional groups attached to an aromatic ring is 1. The molecule has 0 aromatic carbocycles. The van der Waals surface area contributed by atoms with Gasteiger partial charge in [-0.3, -0.25) is 14.9 Å². The van der Waals surface area contributed by atoms with E-state index in [4.69, 9.17) is 16.2 Å². The number of hydrogen-bond donors (Lipinski definition) is 3. The van der Waals surface area contributed by atoms with Crippen LogP contribution in [-0.2, 0) is 16.0 Å². The van der Waals surface area contributed by atoms with Gasteiger partial charge in [0, 0.05) is 19.1 Å². The maximum atomic E-state index is 12.3. The molecule has 0 bridgehead atoms. The number of morpholine rings is 1. The first-order valence-electron chi connectivity index (χ1n) is 9.59. The minimum atomic E-state index is -0.540. The lowest BCUT2D eigenvalue weighted by Gasteiger charge is -2.27. The fourth-order valence-electron chi connectivity index (χ4n) is 3.69. The zero-order valence-corrected chi connectivity index (χ0v) is 15.8. The molecule has 2 heterocycles. The van der Waals surface area contributed by atoms with Crippen LogP contribution >= 0.6 is 0 Å². The number of amides is 1.